The van der Waals surface area contributed by atoms with Crippen molar-refractivity contribution in [3.8, 4) is 0 Å². The van der Waals surface area contributed by atoms with Crippen LogP contribution < -0.4 is 21.7 Å². The Morgan fingerprint density at radius 3 is 2.12 bits per heavy atom. The number of amides is 4. The number of carbonyl (C=O) groups is 2. The Morgan fingerprint density at radius 1 is 0.969 bits per heavy atom. The van der Waals surface area contributed by atoms with E-state index in [1.165, 1.54) is 5.56 Å². The Bertz CT molecular complexity index is 815. The molecule has 32 heavy (non-hydrogen) atoms. The van der Waals surface area contributed by atoms with Gasteiger partial charge in [0.05, 0.1) is 5.56 Å². The van der Waals surface area contributed by atoms with Gasteiger partial charge < -0.3 is 21.7 Å². The van der Waals surface area contributed by atoms with Crippen LogP contribution in [0.1, 0.15) is 37.0 Å². The van der Waals surface area contributed by atoms with E-state index < -0.39 is 23.6 Å². The number of carbonyl (C=O) groups excluding carboxylic acids is 2. The highest BCUT2D eigenvalue weighted by Crippen LogP contribution is 2.30. The van der Waals surface area contributed by atoms with Crippen molar-refractivity contribution in [3.63, 3.8) is 0 Å². The minimum atomic E-state index is -4.62. The quantitative estimate of drug-likeness (QED) is 0.376. The zero-order valence-electron chi connectivity index (χ0n) is 18.4. The minimum Gasteiger partial charge on any atom is -0.352 e. The highest BCUT2D eigenvalue weighted by molar-refractivity contribution is 5.73. The van der Waals surface area contributed by atoms with Gasteiger partial charge in [-0.2, -0.15) is 13.2 Å². The van der Waals surface area contributed by atoms with Gasteiger partial charge in [0, 0.05) is 20.1 Å². The van der Waals surface area contributed by atoms with Gasteiger partial charge in [-0.05, 0) is 42.2 Å². The number of urea groups is 2. The highest BCUT2D eigenvalue weighted by atomic mass is 19.4. The molecule has 178 valence electrons. The van der Waals surface area contributed by atoms with Crippen LogP contribution in [0.5, 0.6) is 0 Å². The molecule has 2 aromatic rings. The Hall–Kier alpha value is -3.30. The normalized spacial score (nSPS) is 9.97. The molecule has 0 aliphatic carbocycles. The van der Waals surface area contributed by atoms with Crippen LogP contribution in [-0.2, 0) is 19.1 Å². The summed E-state index contributed by atoms with van der Waals surface area (Å²) in [5.74, 6) is -1.02. The van der Waals surface area contributed by atoms with Crippen molar-refractivity contribution >= 4 is 12.1 Å². The summed E-state index contributed by atoms with van der Waals surface area (Å²) in [6.07, 6.45) is -2.65. The van der Waals surface area contributed by atoms with E-state index in [0.717, 1.165) is 25.0 Å². The van der Waals surface area contributed by atoms with E-state index in [4.69, 9.17) is 5.73 Å². The number of nitrogens with one attached hydrogen (secondary N) is 3. The van der Waals surface area contributed by atoms with Crippen LogP contribution in [0.4, 0.5) is 27.2 Å². The van der Waals surface area contributed by atoms with Gasteiger partial charge in [-0.15, -0.1) is 0 Å². The Labute approximate surface area is 185 Å². The fourth-order valence-corrected chi connectivity index (χ4v) is 2.33. The number of hydrogen-bond acceptors (Lipinski definition) is 2. The number of alkyl halides is 3. The Kier molecular flexibility index (Phi) is 13.9. The highest BCUT2D eigenvalue weighted by Gasteiger charge is 2.31. The first-order chi connectivity index (χ1) is 15.1. The lowest BCUT2D eigenvalue weighted by Crippen LogP contribution is -2.33. The van der Waals surface area contributed by atoms with Crippen molar-refractivity contribution in [2.45, 2.75) is 39.4 Å². The van der Waals surface area contributed by atoms with Crippen LogP contribution in [-0.4, -0.2) is 25.7 Å². The first kappa shape index (κ1) is 28.7. The van der Waals surface area contributed by atoms with Gasteiger partial charge in [0.15, 0.2) is 0 Å². The Morgan fingerprint density at radius 2 is 1.59 bits per heavy atom. The molecule has 0 bridgehead atoms. The van der Waals surface area contributed by atoms with E-state index in [-0.39, 0.29) is 18.1 Å². The lowest BCUT2D eigenvalue weighted by Gasteiger charge is -2.09. The van der Waals surface area contributed by atoms with Gasteiger partial charge in [-0.3, -0.25) is 0 Å². The molecule has 0 saturated heterocycles. The van der Waals surface area contributed by atoms with Crippen LogP contribution in [0.25, 0.3) is 0 Å². The third kappa shape index (κ3) is 13.1. The molecule has 0 aliphatic heterocycles. The van der Waals surface area contributed by atoms with Crippen LogP contribution in [0.2, 0.25) is 0 Å². The topological polar surface area (TPSA) is 96.2 Å². The molecule has 0 atom stereocenters. The van der Waals surface area contributed by atoms with Crippen molar-refractivity contribution in [2.24, 2.45) is 5.73 Å². The van der Waals surface area contributed by atoms with E-state index in [2.05, 4.69) is 28.1 Å². The third-order valence-electron chi connectivity index (χ3n) is 3.75. The molecule has 0 aliphatic rings. The number of nitrogens with two attached hydrogens (primary N) is 1. The second-order valence-corrected chi connectivity index (χ2v) is 6.16. The molecule has 4 amide bonds. The van der Waals surface area contributed by atoms with Crippen molar-refractivity contribution in [3.05, 3.63) is 71.0 Å². The van der Waals surface area contributed by atoms with Crippen molar-refractivity contribution in [1.82, 2.24) is 16.0 Å². The SMILES string of the molecule is CC.CNC(=O)NCCCc1ccccc1.NC(=O)NCc1cc(F)cc(C(F)(F)F)c1. The zero-order chi connectivity index (χ0) is 24.6. The molecule has 0 spiro atoms. The molecule has 5 N–H and O–H groups in total. The van der Waals surface area contributed by atoms with E-state index in [1.807, 2.05) is 32.0 Å². The number of halogens is 4. The first-order valence-corrected chi connectivity index (χ1v) is 10.0. The summed E-state index contributed by atoms with van der Waals surface area (Å²) in [6, 6.07) is 11.3. The van der Waals surface area contributed by atoms with E-state index >= 15 is 0 Å². The minimum absolute atomic E-state index is 0.00822. The van der Waals surface area contributed by atoms with Crippen molar-refractivity contribution < 1.29 is 27.2 Å². The summed E-state index contributed by atoms with van der Waals surface area (Å²) < 4.78 is 49.6. The number of hydrogen-bond donors (Lipinski definition) is 4. The summed E-state index contributed by atoms with van der Waals surface area (Å²) in [5, 5.41) is 7.34. The summed E-state index contributed by atoms with van der Waals surface area (Å²) in [6.45, 7) is 4.46. The summed E-state index contributed by atoms with van der Waals surface area (Å²) in [4.78, 5) is 21.1. The van der Waals surface area contributed by atoms with Crippen LogP contribution in [0, 0.1) is 5.82 Å². The number of primary amides is 1. The average Bonchev–Trinajstić information content (AvgIpc) is 2.76. The molecule has 0 saturated carbocycles. The molecular weight excluding hydrogens is 428 g/mol. The summed E-state index contributed by atoms with van der Waals surface area (Å²) in [5.41, 5.74) is 4.94. The number of benzene rings is 2. The van der Waals surface area contributed by atoms with Crippen molar-refractivity contribution in [2.75, 3.05) is 13.6 Å². The standard InChI is InChI=1S/C11H16N2O.C9H8F4N2O.C2H6/c1-12-11(14)13-9-5-8-10-6-3-2-4-7-10;10-7-2-5(4-15-8(14)16)1-6(3-7)9(11,12)13;1-2/h2-4,6-7H,5,8-9H2,1H3,(H2,12,13,14);1-3H,4H2,(H3,14,15,16);1-2H3. The second-order valence-electron chi connectivity index (χ2n) is 6.16. The maximum atomic E-state index is 12.8. The van der Waals surface area contributed by atoms with Crippen molar-refractivity contribution in [1.29, 1.82) is 0 Å². The Balaban J connectivity index is 0.000000561. The van der Waals surface area contributed by atoms with Gasteiger partial charge in [0.2, 0.25) is 0 Å². The van der Waals surface area contributed by atoms with E-state index in [1.54, 1.807) is 7.05 Å². The molecule has 2 rings (SSSR count). The predicted molar refractivity (Wildman–Crippen MR) is 116 cm³/mol. The lowest BCUT2D eigenvalue weighted by molar-refractivity contribution is -0.137. The van der Waals surface area contributed by atoms with Gasteiger partial charge in [-0.25, -0.2) is 14.0 Å². The molecule has 10 heteroatoms. The van der Waals surface area contributed by atoms with Gasteiger partial charge in [0.1, 0.15) is 5.82 Å². The van der Waals surface area contributed by atoms with Gasteiger partial charge in [0.25, 0.3) is 0 Å². The predicted octanol–water partition coefficient (Wildman–Crippen LogP) is 4.59. The van der Waals surface area contributed by atoms with Gasteiger partial charge in [-0.1, -0.05) is 44.2 Å². The van der Waals surface area contributed by atoms with E-state index in [9.17, 15) is 27.2 Å². The lowest BCUT2D eigenvalue weighted by atomic mass is 10.1. The molecule has 0 unspecified atom stereocenters. The fourth-order valence-electron chi connectivity index (χ4n) is 2.33. The maximum Gasteiger partial charge on any atom is 0.416 e. The molecule has 0 aromatic heterocycles. The molecule has 0 heterocycles. The smallest absolute Gasteiger partial charge is 0.352 e. The zero-order valence-corrected chi connectivity index (χ0v) is 18.4. The number of rotatable bonds is 6. The largest absolute Gasteiger partial charge is 0.416 e. The molecule has 6 nitrogen and oxygen atoms in total. The average molecular weight is 459 g/mol. The van der Waals surface area contributed by atoms with Crippen LogP contribution in [0.15, 0.2) is 48.5 Å². The monoisotopic (exact) mass is 458 g/mol. The second kappa shape index (κ2) is 15.5. The molecule has 0 fully saturated rings. The third-order valence-corrected chi connectivity index (χ3v) is 3.75. The summed E-state index contributed by atoms with van der Waals surface area (Å²) >= 11 is 0. The molecule has 2 aromatic carbocycles. The van der Waals surface area contributed by atoms with Crippen LogP contribution >= 0.6 is 0 Å². The van der Waals surface area contributed by atoms with E-state index in [0.29, 0.717) is 12.6 Å². The molecular formula is C22H30F4N4O2. The van der Waals surface area contributed by atoms with Gasteiger partial charge >= 0.3 is 18.2 Å². The molecule has 0 radical (unpaired) electrons. The first-order valence-electron chi connectivity index (χ1n) is 10.0. The van der Waals surface area contributed by atoms with Crippen LogP contribution in [0.3, 0.4) is 0 Å². The summed E-state index contributed by atoms with van der Waals surface area (Å²) in [7, 11) is 1.62. The maximum absolute atomic E-state index is 12.8. The fraction of sp³-hybridized carbons (Fsp3) is 0.364. The number of aryl methyl sites for hydroxylation is 1.